The lowest BCUT2D eigenvalue weighted by atomic mass is 10.1. The molecular weight excluding hydrogens is 355 g/mol. The Morgan fingerprint density at radius 2 is 2.07 bits per heavy atom. The third-order valence-electron chi connectivity index (χ3n) is 4.08. The second kappa shape index (κ2) is 7.96. The van der Waals surface area contributed by atoms with Gasteiger partial charge in [-0.15, -0.1) is 0 Å². The predicted octanol–water partition coefficient (Wildman–Crippen LogP) is 3.49. The van der Waals surface area contributed by atoms with E-state index in [0.717, 1.165) is 5.56 Å². The Labute approximate surface area is 154 Å². The Balaban J connectivity index is 1.76. The van der Waals surface area contributed by atoms with Crippen molar-refractivity contribution in [3.63, 3.8) is 0 Å². The molecule has 1 aliphatic heterocycles. The van der Waals surface area contributed by atoms with Crippen LogP contribution in [0.5, 0.6) is 5.75 Å². The molecule has 1 heterocycles. The smallest absolute Gasteiger partial charge is 0.270 e. The minimum absolute atomic E-state index is 0.0411. The van der Waals surface area contributed by atoms with Gasteiger partial charge in [-0.2, -0.15) is 0 Å². The molecule has 3 rings (SSSR count). The van der Waals surface area contributed by atoms with Gasteiger partial charge in [-0.05, 0) is 30.7 Å². The summed E-state index contributed by atoms with van der Waals surface area (Å²) in [6.45, 7) is 2.01. The number of hydrogen-bond donors (Lipinski definition) is 1. The number of carbonyl (C=O) groups is 1. The number of benzene rings is 2. The van der Waals surface area contributed by atoms with E-state index in [1.165, 1.54) is 36.4 Å². The van der Waals surface area contributed by atoms with E-state index in [9.17, 15) is 19.3 Å². The quantitative estimate of drug-likeness (QED) is 0.493. The van der Waals surface area contributed by atoms with Crippen LogP contribution in [0.2, 0.25) is 0 Å². The van der Waals surface area contributed by atoms with E-state index in [2.05, 4.69) is 5.32 Å². The summed E-state index contributed by atoms with van der Waals surface area (Å²) in [6, 6.07) is 8.24. The number of fused-ring (bicyclic) bond motifs is 1. The molecule has 2 aromatic carbocycles. The lowest BCUT2D eigenvalue weighted by Gasteiger charge is -2.19. The van der Waals surface area contributed by atoms with Gasteiger partial charge in [0.2, 0.25) is 5.91 Å². The normalized spacial score (nSPS) is 14.3. The average molecular weight is 372 g/mol. The van der Waals surface area contributed by atoms with E-state index in [0.29, 0.717) is 16.9 Å². The Hall–Kier alpha value is -3.26. The maximum atomic E-state index is 13.0. The van der Waals surface area contributed by atoms with Crippen LogP contribution in [0.25, 0.3) is 6.08 Å². The summed E-state index contributed by atoms with van der Waals surface area (Å²) >= 11 is 0. The second-order valence-electron chi connectivity index (χ2n) is 6.01. The average Bonchev–Trinajstić information content (AvgIpc) is 2.66. The Morgan fingerprint density at radius 1 is 1.33 bits per heavy atom. The van der Waals surface area contributed by atoms with Crippen molar-refractivity contribution in [3.05, 3.63) is 75.1 Å². The number of hydrogen-bond acceptors (Lipinski definition) is 5. The van der Waals surface area contributed by atoms with Crippen LogP contribution in [0.3, 0.4) is 0 Å². The number of rotatable bonds is 5. The number of nitro groups is 1. The van der Waals surface area contributed by atoms with Crippen LogP contribution in [0.4, 0.5) is 10.1 Å². The number of nitro benzene ring substituents is 1. The van der Waals surface area contributed by atoms with E-state index in [1.807, 2.05) is 0 Å². The van der Waals surface area contributed by atoms with Gasteiger partial charge in [0.05, 0.1) is 17.6 Å². The molecule has 0 saturated heterocycles. The maximum Gasteiger partial charge on any atom is 0.270 e. The second-order valence-corrected chi connectivity index (χ2v) is 6.01. The summed E-state index contributed by atoms with van der Waals surface area (Å²) in [5, 5.41) is 13.9. The first-order chi connectivity index (χ1) is 12.9. The summed E-state index contributed by atoms with van der Waals surface area (Å²) in [5.74, 6) is -0.279. The van der Waals surface area contributed by atoms with E-state index in [1.54, 1.807) is 19.1 Å². The van der Waals surface area contributed by atoms with Crippen LogP contribution < -0.4 is 10.1 Å². The number of nitrogens with zero attached hydrogens (tertiary/aromatic N) is 1. The fourth-order valence-electron chi connectivity index (χ4n) is 2.72. The predicted molar refractivity (Wildman–Crippen MR) is 95.4 cm³/mol. The third kappa shape index (κ3) is 4.48. The Kier molecular flexibility index (Phi) is 5.46. The maximum absolute atomic E-state index is 13.0. The van der Waals surface area contributed by atoms with Gasteiger partial charge in [-0.25, -0.2) is 4.39 Å². The highest BCUT2D eigenvalue weighted by atomic mass is 19.1. The van der Waals surface area contributed by atoms with Crippen molar-refractivity contribution in [2.45, 2.75) is 19.6 Å². The molecule has 0 radical (unpaired) electrons. The van der Waals surface area contributed by atoms with Gasteiger partial charge in [0, 0.05) is 29.3 Å². The van der Waals surface area contributed by atoms with E-state index in [-0.39, 0.29) is 36.9 Å². The molecule has 0 spiro atoms. The van der Waals surface area contributed by atoms with Crippen LogP contribution in [-0.2, 0) is 16.1 Å². The van der Waals surface area contributed by atoms with Gasteiger partial charge >= 0.3 is 0 Å². The molecule has 1 amide bonds. The summed E-state index contributed by atoms with van der Waals surface area (Å²) in [7, 11) is 0. The van der Waals surface area contributed by atoms with Crippen molar-refractivity contribution in [1.29, 1.82) is 0 Å². The van der Waals surface area contributed by atoms with E-state index < -0.39 is 4.92 Å². The fraction of sp³-hybridized carbons (Fsp3) is 0.211. The number of ether oxygens (including phenoxy) is 2. The highest BCUT2D eigenvalue weighted by Crippen LogP contribution is 2.33. The molecule has 0 fully saturated rings. The van der Waals surface area contributed by atoms with Crippen LogP contribution in [-0.4, -0.2) is 17.6 Å². The molecule has 0 unspecified atom stereocenters. The van der Waals surface area contributed by atoms with Crippen molar-refractivity contribution in [2.75, 3.05) is 6.79 Å². The molecule has 0 aromatic heterocycles. The number of halogens is 1. The SMILES string of the molecule is C[C@H](NC(=O)/C=C/c1cc([N+](=O)[O-])cc2c1OCOC2)c1ccc(F)cc1. The first kappa shape index (κ1) is 18.5. The molecule has 27 heavy (non-hydrogen) atoms. The van der Waals surface area contributed by atoms with Gasteiger partial charge in [-0.3, -0.25) is 14.9 Å². The molecule has 0 bridgehead atoms. The number of non-ortho nitro benzene ring substituents is 1. The highest BCUT2D eigenvalue weighted by molar-refractivity contribution is 5.92. The van der Waals surface area contributed by atoms with E-state index >= 15 is 0 Å². The van der Waals surface area contributed by atoms with Crippen molar-refractivity contribution >= 4 is 17.7 Å². The molecule has 140 valence electrons. The van der Waals surface area contributed by atoms with E-state index in [4.69, 9.17) is 9.47 Å². The zero-order valence-corrected chi connectivity index (χ0v) is 14.5. The number of amides is 1. The minimum atomic E-state index is -0.511. The summed E-state index contributed by atoms with van der Waals surface area (Å²) in [6.07, 6.45) is 2.74. The zero-order chi connectivity index (χ0) is 19.4. The van der Waals surface area contributed by atoms with Gasteiger partial charge < -0.3 is 14.8 Å². The van der Waals surface area contributed by atoms with Crippen molar-refractivity contribution < 1.29 is 23.6 Å². The monoisotopic (exact) mass is 372 g/mol. The molecule has 1 aliphatic rings. The first-order valence-electron chi connectivity index (χ1n) is 8.20. The molecule has 2 aromatic rings. The van der Waals surface area contributed by atoms with Crippen LogP contribution in [0, 0.1) is 15.9 Å². The summed E-state index contributed by atoms with van der Waals surface area (Å²) < 4.78 is 23.5. The number of carbonyl (C=O) groups excluding carboxylic acids is 1. The lowest BCUT2D eigenvalue weighted by molar-refractivity contribution is -0.385. The molecule has 7 nitrogen and oxygen atoms in total. The summed E-state index contributed by atoms with van der Waals surface area (Å²) in [5.41, 5.74) is 1.62. The van der Waals surface area contributed by atoms with Gasteiger partial charge in [-0.1, -0.05) is 12.1 Å². The molecule has 8 heteroatoms. The van der Waals surface area contributed by atoms with Gasteiger partial charge in [0.1, 0.15) is 11.6 Å². The Bertz CT molecular complexity index is 896. The number of nitrogens with one attached hydrogen (secondary N) is 1. The van der Waals surface area contributed by atoms with Crippen molar-refractivity contribution in [1.82, 2.24) is 5.32 Å². The topological polar surface area (TPSA) is 90.7 Å². The standard InChI is InChI=1S/C19H17FN2O5/c1-12(13-2-5-16(20)6-3-13)21-18(23)7-4-14-8-17(22(24)25)9-15-10-26-11-27-19(14)15/h2-9,12H,10-11H2,1H3,(H,21,23)/b7-4+/t12-/m0/s1. The van der Waals surface area contributed by atoms with Gasteiger partial charge in [0.15, 0.2) is 6.79 Å². The zero-order valence-electron chi connectivity index (χ0n) is 14.5. The van der Waals surface area contributed by atoms with Crippen LogP contribution in [0.1, 0.15) is 29.7 Å². The minimum Gasteiger partial charge on any atom is -0.467 e. The largest absolute Gasteiger partial charge is 0.467 e. The van der Waals surface area contributed by atoms with Crippen LogP contribution >= 0.6 is 0 Å². The summed E-state index contributed by atoms with van der Waals surface area (Å²) in [4.78, 5) is 22.8. The van der Waals surface area contributed by atoms with Crippen molar-refractivity contribution in [3.8, 4) is 5.75 Å². The Morgan fingerprint density at radius 3 is 2.78 bits per heavy atom. The molecule has 0 saturated carbocycles. The molecule has 0 aliphatic carbocycles. The third-order valence-corrected chi connectivity index (χ3v) is 4.08. The van der Waals surface area contributed by atoms with Crippen LogP contribution in [0.15, 0.2) is 42.5 Å². The highest BCUT2D eigenvalue weighted by Gasteiger charge is 2.20. The van der Waals surface area contributed by atoms with Crippen molar-refractivity contribution in [2.24, 2.45) is 0 Å². The van der Waals surface area contributed by atoms with Gasteiger partial charge in [0.25, 0.3) is 5.69 Å². The lowest BCUT2D eigenvalue weighted by Crippen LogP contribution is -2.24. The molecule has 1 N–H and O–H groups in total. The molecular formula is C19H17FN2O5. The fourth-order valence-corrected chi connectivity index (χ4v) is 2.72. The first-order valence-corrected chi connectivity index (χ1v) is 8.20. The molecule has 1 atom stereocenters.